The Hall–Kier alpha value is -0.570. The number of esters is 1. The van der Waals surface area contributed by atoms with Crippen molar-refractivity contribution in [3.05, 3.63) is 0 Å². The molecule has 0 aromatic heterocycles. The van der Waals surface area contributed by atoms with Crippen LogP contribution in [0.25, 0.3) is 0 Å². The molecule has 13 heavy (non-hydrogen) atoms. The number of hydrogen-bond donors (Lipinski definition) is 0. The first-order valence-corrected chi connectivity index (χ1v) is 4.88. The molecule has 0 saturated carbocycles. The van der Waals surface area contributed by atoms with Crippen LogP contribution in [-0.2, 0) is 9.53 Å². The number of carbonyl (C=O) groups excluding carboxylic acids is 1. The maximum absolute atomic E-state index is 11.2. The van der Waals surface area contributed by atoms with Gasteiger partial charge in [0.15, 0.2) is 0 Å². The molecule has 3 nitrogen and oxygen atoms in total. The lowest BCUT2D eigenvalue weighted by atomic mass is 10.0. The summed E-state index contributed by atoms with van der Waals surface area (Å²) in [6.45, 7) is 8.40. The number of methoxy groups -OCH3 is 1. The van der Waals surface area contributed by atoms with Gasteiger partial charge in [-0.3, -0.25) is 9.69 Å². The van der Waals surface area contributed by atoms with Gasteiger partial charge in [0.1, 0.15) is 6.04 Å². The lowest BCUT2D eigenvalue weighted by Crippen LogP contribution is -2.38. The molecule has 0 amide bonds. The fraction of sp³-hybridized carbons (Fsp3) is 0.900. The molecule has 0 bridgehead atoms. The Morgan fingerprint density at radius 2 is 1.85 bits per heavy atom. The zero-order valence-corrected chi connectivity index (χ0v) is 8.91. The van der Waals surface area contributed by atoms with Crippen molar-refractivity contribution in [3.8, 4) is 0 Å². The van der Waals surface area contributed by atoms with Crippen LogP contribution in [0.1, 0.15) is 20.8 Å². The standard InChI is InChI=1S/C10H19NO2/c1-7-5-11(6-8(7)2)9(3)10(12)13-4/h7-9H,5-6H2,1-4H3. The van der Waals surface area contributed by atoms with Crippen molar-refractivity contribution >= 4 is 5.97 Å². The summed E-state index contributed by atoms with van der Waals surface area (Å²) < 4.78 is 4.71. The molecule has 1 heterocycles. The van der Waals surface area contributed by atoms with E-state index in [1.54, 1.807) is 0 Å². The third-order valence-corrected chi connectivity index (χ3v) is 3.11. The number of likely N-dealkylation sites (tertiary alicyclic amines) is 1. The molecule has 0 spiro atoms. The molecule has 0 aromatic carbocycles. The first-order valence-electron chi connectivity index (χ1n) is 4.88. The van der Waals surface area contributed by atoms with Crippen LogP contribution in [0.15, 0.2) is 0 Å². The molecule has 0 aromatic rings. The number of rotatable bonds is 2. The molecule has 1 aliphatic rings. The van der Waals surface area contributed by atoms with Crippen molar-refractivity contribution in [2.45, 2.75) is 26.8 Å². The predicted octanol–water partition coefficient (Wildman–Crippen LogP) is 1.14. The number of nitrogens with zero attached hydrogens (tertiary/aromatic N) is 1. The highest BCUT2D eigenvalue weighted by Crippen LogP contribution is 2.23. The molecule has 0 N–H and O–H groups in total. The van der Waals surface area contributed by atoms with Gasteiger partial charge in [0, 0.05) is 13.1 Å². The fourth-order valence-corrected chi connectivity index (χ4v) is 1.81. The number of hydrogen-bond acceptors (Lipinski definition) is 3. The van der Waals surface area contributed by atoms with Gasteiger partial charge in [-0.2, -0.15) is 0 Å². The van der Waals surface area contributed by atoms with Crippen LogP contribution in [-0.4, -0.2) is 37.1 Å². The monoisotopic (exact) mass is 185 g/mol. The Kier molecular flexibility index (Phi) is 3.31. The van der Waals surface area contributed by atoms with Crippen molar-refractivity contribution in [1.29, 1.82) is 0 Å². The van der Waals surface area contributed by atoms with E-state index in [1.807, 2.05) is 6.92 Å². The highest BCUT2D eigenvalue weighted by atomic mass is 16.5. The summed E-state index contributed by atoms with van der Waals surface area (Å²) in [5.74, 6) is 1.25. The van der Waals surface area contributed by atoms with Gasteiger partial charge in [-0.15, -0.1) is 0 Å². The lowest BCUT2D eigenvalue weighted by Gasteiger charge is -2.21. The van der Waals surface area contributed by atoms with E-state index >= 15 is 0 Å². The van der Waals surface area contributed by atoms with Crippen LogP contribution in [0.4, 0.5) is 0 Å². The molecule has 1 rings (SSSR count). The van der Waals surface area contributed by atoms with Crippen LogP contribution >= 0.6 is 0 Å². The first-order chi connectivity index (χ1) is 6.06. The van der Waals surface area contributed by atoms with E-state index in [1.165, 1.54) is 7.11 Å². The molecule has 0 radical (unpaired) electrons. The molecule has 3 unspecified atom stereocenters. The molecular formula is C10H19NO2. The summed E-state index contributed by atoms with van der Waals surface area (Å²) >= 11 is 0. The second-order valence-electron chi connectivity index (χ2n) is 4.11. The van der Waals surface area contributed by atoms with Gasteiger partial charge in [0.2, 0.25) is 0 Å². The zero-order chi connectivity index (χ0) is 10.0. The lowest BCUT2D eigenvalue weighted by molar-refractivity contribution is -0.145. The highest BCUT2D eigenvalue weighted by Gasteiger charge is 2.32. The second kappa shape index (κ2) is 4.09. The van der Waals surface area contributed by atoms with Crippen LogP contribution < -0.4 is 0 Å². The largest absolute Gasteiger partial charge is 0.468 e. The van der Waals surface area contributed by atoms with Gasteiger partial charge in [0.05, 0.1) is 7.11 Å². The van der Waals surface area contributed by atoms with Gasteiger partial charge in [-0.05, 0) is 18.8 Å². The molecule has 3 heteroatoms. The first kappa shape index (κ1) is 10.5. The van der Waals surface area contributed by atoms with Crippen molar-refractivity contribution in [3.63, 3.8) is 0 Å². The normalized spacial score (nSPS) is 31.7. The SMILES string of the molecule is COC(=O)C(C)N1CC(C)C(C)C1. The third-order valence-electron chi connectivity index (χ3n) is 3.11. The minimum Gasteiger partial charge on any atom is -0.468 e. The summed E-state index contributed by atoms with van der Waals surface area (Å²) in [5.41, 5.74) is 0. The van der Waals surface area contributed by atoms with Gasteiger partial charge < -0.3 is 4.74 Å². The third kappa shape index (κ3) is 2.21. The Morgan fingerprint density at radius 1 is 1.38 bits per heavy atom. The minimum absolute atomic E-state index is 0.0857. The number of ether oxygens (including phenoxy) is 1. The van der Waals surface area contributed by atoms with E-state index in [0.29, 0.717) is 11.8 Å². The highest BCUT2D eigenvalue weighted by molar-refractivity contribution is 5.75. The van der Waals surface area contributed by atoms with E-state index in [9.17, 15) is 4.79 Å². The smallest absolute Gasteiger partial charge is 0.322 e. The molecule has 1 saturated heterocycles. The van der Waals surface area contributed by atoms with E-state index < -0.39 is 0 Å². The Bertz CT molecular complexity index is 183. The van der Waals surface area contributed by atoms with E-state index in [-0.39, 0.29) is 12.0 Å². The van der Waals surface area contributed by atoms with Crippen LogP contribution in [0.2, 0.25) is 0 Å². The predicted molar refractivity (Wildman–Crippen MR) is 51.4 cm³/mol. The Labute approximate surface area is 80.1 Å². The fourth-order valence-electron chi connectivity index (χ4n) is 1.81. The summed E-state index contributed by atoms with van der Waals surface area (Å²) in [4.78, 5) is 13.4. The Balaban J connectivity index is 2.50. The average molecular weight is 185 g/mol. The summed E-state index contributed by atoms with van der Waals surface area (Å²) in [7, 11) is 1.45. The number of carbonyl (C=O) groups is 1. The molecule has 3 atom stereocenters. The molecule has 76 valence electrons. The maximum atomic E-state index is 11.2. The van der Waals surface area contributed by atoms with Crippen molar-refractivity contribution in [2.24, 2.45) is 11.8 Å². The van der Waals surface area contributed by atoms with E-state index in [4.69, 9.17) is 4.74 Å². The molecular weight excluding hydrogens is 166 g/mol. The van der Waals surface area contributed by atoms with Gasteiger partial charge in [0.25, 0.3) is 0 Å². The van der Waals surface area contributed by atoms with Crippen LogP contribution in [0, 0.1) is 11.8 Å². The second-order valence-corrected chi connectivity index (χ2v) is 4.11. The Morgan fingerprint density at radius 3 is 2.23 bits per heavy atom. The zero-order valence-electron chi connectivity index (χ0n) is 8.91. The van der Waals surface area contributed by atoms with Gasteiger partial charge in [-0.25, -0.2) is 0 Å². The van der Waals surface area contributed by atoms with E-state index in [2.05, 4.69) is 18.7 Å². The summed E-state index contributed by atoms with van der Waals surface area (Å²) in [6.07, 6.45) is 0. The van der Waals surface area contributed by atoms with Crippen LogP contribution in [0.5, 0.6) is 0 Å². The van der Waals surface area contributed by atoms with E-state index in [0.717, 1.165) is 13.1 Å². The van der Waals surface area contributed by atoms with Crippen molar-refractivity contribution < 1.29 is 9.53 Å². The van der Waals surface area contributed by atoms with Crippen LogP contribution in [0.3, 0.4) is 0 Å². The minimum atomic E-state index is -0.124. The van der Waals surface area contributed by atoms with Gasteiger partial charge in [-0.1, -0.05) is 13.8 Å². The summed E-state index contributed by atoms with van der Waals surface area (Å²) in [5, 5.41) is 0. The van der Waals surface area contributed by atoms with Gasteiger partial charge >= 0.3 is 5.97 Å². The topological polar surface area (TPSA) is 29.5 Å². The average Bonchev–Trinajstić information content (AvgIpc) is 2.44. The maximum Gasteiger partial charge on any atom is 0.322 e. The summed E-state index contributed by atoms with van der Waals surface area (Å²) in [6, 6.07) is -0.0857. The molecule has 0 aliphatic carbocycles. The molecule has 1 fully saturated rings. The van der Waals surface area contributed by atoms with Crippen molar-refractivity contribution in [2.75, 3.05) is 20.2 Å². The quantitative estimate of drug-likeness (QED) is 0.604. The molecule has 1 aliphatic heterocycles. The van der Waals surface area contributed by atoms with Crippen molar-refractivity contribution in [1.82, 2.24) is 4.90 Å².